The number of benzene rings is 2. The van der Waals surface area contributed by atoms with Crippen LogP contribution < -0.4 is 5.32 Å². The Balaban J connectivity index is 1.21. The van der Waals surface area contributed by atoms with E-state index >= 15 is 0 Å². The summed E-state index contributed by atoms with van der Waals surface area (Å²) in [6.07, 6.45) is 4.31. The van der Waals surface area contributed by atoms with Gasteiger partial charge in [-0.25, -0.2) is 13.4 Å². The van der Waals surface area contributed by atoms with Crippen molar-refractivity contribution in [2.75, 3.05) is 13.1 Å². The molecular weight excluding hydrogens is 502 g/mol. The fourth-order valence-corrected chi connectivity index (χ4v) is 6.43. The maximum atomic E-state index is 13.5. The van der Waals surface area contributed by atoms with Gasteiger partial charge in [-0.05, 0) is 62.9 Å². The van der Waals surface area contributed by atoms with Crippen molar-refractivity contribution in [1.82, 2.24) is 24.7 Å². The predicted molar refractivity (Wildman–Crippen MR) is 146 cm³/mol. The number of amides is 1. The van der Waals surface area contributed by atoms with Gasteiger partial charge >= 0.3 is 0 Å². The Morgan fingerprint density at radius 3 is 2.53 bits per heavy atom. The van der Waals surface area contributed by atoms with Gasteiger partial charge in [0, 0.05) is 19.0 Å². The molecule has 0 unspecified atom stereocenters. The van der Waals surface area contributed by atoms with Crippen LogP contribution >= 0.6 is 0 Å². The molecule has 198 valence electrons. The summed E-state index contributed by atoms with van der Waals surface area (Å²) in [4.78, 5) is 20.7. The second-order valence-corrected chi connectivity index (χ2v) is 11.7. The molecule has 10 heteroatoms. The van der Waals surface area contributed by atoms with Gasteiger partial charge in [0.25, 0.3) is 0 Å². The lowest BCUT2D eigenvalue weighted by Crippen LogP contribution is -2.43. The molecule has 1 aliphatic rings. The number of piperidine rings is 1. The number of nitrogens with one attached hydrogen (secondary N) is 2. The van der Waals surface area contributed by atoms with Crippen LogP contribution in [-0.2, 0) is 21.4 Å². The second-order valence-electron chi connectivity index (χ2n) is 9.81. The van der Waals surface area contributed by atoms with E-state index in [1.54, 1.807) is 19.1 Å². The maximum absolute atomic E-state index is 13.5. The van der Waals surface area contributed by atoms with Crippen molar-refractivity contribution in [2.24, 2.45) is 5.92 Å². The first kappa shape index (κ1) is 25.9. The quantitative estimate of drug-likeness (QED) is 0.364. The lowest BCUT2D eigenvalue weighted by Gasteiger charge is -2.30. The molecule has 2 N–H and O–H groups in total. The van der Waals surface area contributed by atoms with Crippen LogP contribution in [0.25, 0.3) is 23.2 Å². The molecule has 9 nitrogen and oxygen atoms in total. The summed E-state index contributed by atoms with van der Waals surface area (Å²) in [6.45, 7) is 6.43. The molecule has 4 aromatic rings. The van der Waals surface area contributed by atoms with Crippen LogP contribution in [-0.4, -0.2) is 46.8 Å². The predicted octanol–water partition coefficient (Wildman–Crippen LogP) is 4.36. The number of nitrogens with zero attached hydrogens (tertiary/aromatic N) is 3. The molecule has 1 saturated heterocycles. The normalized spacial score (nSPS) is 15.4. The number of carbonyl (C=O) groups is 1. The van der Waals surface area contributed by atoms with E-state index in [0.717, 1.165) is 27.7 Å². The Kier molecular flexibility index (Phi) is 7.18. The average molecular weight is 534 g/mol. The molecular formula is C28H31N5O4S. The van der Waals surface area contributed by atoms with Crippen LogP contribution in [0.15, 0.2) is 51.9 Å². The van der Waals surface area contributed by atoms with Gasteiger partial charge < -0.3 is 14.8 Å². The minimum Gasteiger partial charge on any atom is -0.355 e. The number of aromatic nitrogens is 3. The highest BCUT2D eigenvalue weighted by atomic mass is 32.2. The van der Waals surface area contributed by atoms with Crippen LogP contribution in [0.4, 0.5) is 0 Å². The zero-order chi connectivity index (χ0) is 26.9. The molecule has 0 saturated carbocycles. The molecule has 5 rings (SSSR count). The number of H-pyrrole nitrogens is 1. The molecule has 0 aliphatic carbocycles. The SMILES string of the molecule is Cc1ccc(C=Cc2onc(C)c2S(=O)(=O)N2CCC(C(=O)NCc3nc4ccc(C)cc4[nH]3)CC2)cc1. The fraction of sp³-hybridized carbons (Fsp3) is 0.321. The van der Waals surface area contributed by atoms with E-state index in [2.05, 4.69) is 20.4 Å². The van der Waals surface area contributed by atoms with Crippen LogP contribution in [0.2, 0.25) is 0 Å². The lowest BCUT2D eigenvalue weighted by atomic mass is 9.97. The molecule has 2 aromatic carbocycles. The second kappa shape index (κ2) is 10.5. The maximum Gasteiger partial charge on any atom is 0.248 e. The van der Waals surface area contributed by atoms with Gasteiger partial charge in [0.1, 0.15) is 11.5 Å². The van der Waals surface area contributed by atoms with E-state index < -0.39 is 10.0 Å². The van der Waals surface area contributed by atoms with Crippen LogP contribution in [0.3, 0.4) is 0 Å². The largest absolute Gasteiger partial charge is 0.355 e. The van der Waals surface area contributed by atoms with E-state index in [1.165, 1.54) is 4.31 Å². The van der Waals surface area contributed by atoms with E-state index in [1.807, 2.05) is 56.3 Å². The first-order valence-corrected chi connectivity index (χ1v) is 14.1. The van der Waals surface area contributed by atoms with E-state index in [4.69, 9.17) is 4.52 Å². The molecule has 1 amide bonds. The summed E-state index contributed by atoms with van der Waals surface area (Å²) in [6, 6.07) is 13.8. The topological polar surface area (TPSA) is 121 Å². The minimum atomic E-state index is -3.83. The molecule has 2 aromatic heterocycles. The van der Waals surface area contributed by atoms with Crippen molar-refractivity contribution >= 4 is 39.1 Å². The van der Waals surface area contributed by atoms with Crippen molar-refractivity contribution in [3.63, 3.8) is 0 Å². The molecule has 0 bridgehead atoms. The summed E-state index contributed by atoms with van der Waals surface area (Å²) < 4.78 is 33.8. The van der Waals surface area contributed by atoms with Crippen molar-refractivity contribution in [3.05, 3.63) is 76.4 Å². The smallest absolute Gasteiger partial charge is 0.248 e. The Morgan fingerprint density at radius 2 is 1.79 bits per heavy atom. The molecule has 3 heterocycles. The van der Waals surface area contributed by atoms with Gasteiger partial charge in [-0.3, -0.25) is 4.79 Å². The van der Waals surface area contributed by atoms with Crippen molar-refractivity contribution in [2.45, 2.75) is 45.1 Å². The Hall–Kier alpha value is -3.76. The summed E-state index contributed by atoms with van der Waals surface area (Å²) in [5, 5.41) is 6.86. The first-order chi connectivity index (χ1) is 18.2. The molecule has 38 heavy (non-hydrogen) atoms. The number of imidazole rings is 1. The Labute approximate surface area is 222 Å². The Morgan fingerprint density at radius 1 is 1.08 bits per heavy atom. The van der Waals surface area contributed by atoms with Crippen LogP contribution in [0.1, 0.15) is 46.8 Å². The first-order valence-electron chi connectivity index (χ1n) is 12.6. The number of hydrogen-bond acceptors (Lipinski definition) is 6. The van der Waals surface area contributed by atoms with Gasteiger partial charge in [0.05, 0.1) is 17.6 Å². The number of aromatic amines is 1. The summed E-state index contributed by atoms with van der Waals surface area (Å²) in [5.41, 5.74) is 5.31. The van der Waals surface area contributed by atoms with Crippen molar-refractivity contribution in [3.8, 4) is 0 Å². The molecule has 0 radical (unpaired) electrons. The van der Waals surface area contributed by atoms with Crippen LogP contribution in [0, 0.1) is 26.7 Å². The number of carbonyl (C=O) groups excluding carboxylic acids is 1. The minimum absolute atomic E-state index is 0.0730. The van der Waals surface area contributed by atoms with Gasteiger partial charge in [-0.2, -0.15) is 4.31 Å². The van der Waals surface area contributed by atoms with Gasteiger partial charge in [0.2, 0.25) is 15.9 Å². The van der Waals surface area contributed by atoms with Gasteiger partial charge in [0.15, 0.2) is 10.7 Å². The van der Waals surface area contributed by atoms with E-state index in [-0.39, 0.29) is 35.6 Å². The number of fused-ring (bicyclic) bond motifs is 1. The third-order valence-electron chi connectivity index (χ3n) is 6.88. The third kappa shape index (κ3) is 5.41. The molecule has 0 spiro atoms. The summed E-state index contributed by atoms with van der Waals surface area (Å²) in [7, 11) is -3.83. The zero-order valence-corrected chi connectivity index (χ0v) is 22.5. The van der Waals surface area contributed by atoms with Crippen molar-refractivity contribution < 1.29 is 17.7 Å². The van der Waals surface area contributed by atoms with Crippen molar-refractivity contribution in [1.29, 1.82) is 0 Å². The fourth-order valence-electron chi connectivity index (χ4n) is 4.71. The zero-order valence-electron chi connectivity index (χ0n) is 21.7. The third-order valence-corrected chi connectivity index (χ3v) is 8.93. The Bertz CT molecular complexity index is 1590. The van der Waals surface area contributed by atoms with E-state index in [9.17, 15) is 13.2 Å². The van der Waals surface area contributed by atoms with E-state index in [0.29, 0.717) is 30.9 Å². The number of hydrogen-bond donors (Lipinski definition) is 2. The van der Waals surface area contributed by atoms with Gasteiger partial charge in [-0.1, -0.05) is 47.1 Å². The van der Waals surface area contributed by atoms with Gasteiger partial charge in [-0.15, -0.1) is 0 Å². The highest BCUT2D eigenvalue weighted by Crippen LogP contribution is 2.29. The highest BCUT2D eigenvalue weighted by Gasteiger charge is 2.35. The lowest BCUT2D eigenvalue weighted by molar-refractivity contribution is -0.126. The molecule has 0 atom stereocenters. The summed E-state index contributed by atoms with van der Waals surface area (Å²) in [5.74, 6) is 0.524. The number of rotatable bonds is 7. The number of sulfonamides is 1. The monoisotopic (exact) mass is 533 g/mol. The average Bonchev–Trinajstić information content (AvgIpc) is 3.49. The van der Waals surface area contributed by atoms with Crippen LogP contribution in [0.5, 0.6) is 0 Å². The number of aryl methyl sites for hydroxylation is 3. The highest BCUT2D eigenvalue weighted by molar-refractivity contribution is 7.89. The summed E-state index contributed by atoms with van der Waals surface area (Å²) >= 11 is 0. The molecule has 1 aliphatic heterocycles. The molecule has 1 fully saturated rings. The standard InChI is InChI=1S/C28H31N5O4S/c1-18-4-7-21(8-5-18)9-11-25-27(20(3)32-37-25)38(35,36)33-14-12-22(13-15-33)28(34)29-17-26-30-23-10-6-19(2)16-24(23)31-26/h4-11,16,22H,12-15,17H2,1-3H3,(H,29,34)(H,30,31).